The van der Waals surface area contributed by atoms with Crippen molar-refractivity contribution >= 4 is 11.8 Å². The Morgan fingerprint density at radius 3 is 2.85 bits per heavy atom. The van der Waals surface area contributed by atoms with Crippen molar-refractivity contribution in [3.05, 3.63) is 36.0 Å². The van der Waals surface area contributed by atoms with Gasteiger partial charge in [-0.05, 0) is 32.8 Å². The Bertz CT molecular complexity index is 529. The van der Waals surface area contributed by atoms with Gasteiger partial charge in [-0.25, -0.2) is 4.79 Å². The van der Waals surface area contributed by atoms with E-state index in [2.05, 4.69) is 6.58 Å². The summed E-state index contributed by atoms with van der Waals surface area (Å²) in [5.41, 5.74) is -1.59. The van der Waals surface area contributed by atoms with Crippen molar-refractivity contribution in [2.24, 2.45) is 5.41 Å². The maximum atomic E-state index is 12.4. The summed E-state index contributed by atoms with van der Waals surface area (Å²) in [5.74, 6) is -0.592. The number of rotatable bonds is 4. The number of esters is 1. The van der Waals surface area contributed by atoms with Crippen molar-refractivity contribution in [3.8, 4) is 0 Å². The van der Waals surface area contributed by atoms with Crippen molar-refractivity contribution in [1.82, 2.24) is 0 Å². The minimum absolute atomic E-state index is 0.0384. The summed E-state index contributed by atoms with van der Waals surface area (Å²) in [4.78, 5) is 24.5. The summed E-state index contributed by atoms with van der Waals surface area (Å²) >= 11 is 0. The van der Waals surface area contributed by atoms with Gasteiger partial charge in [0.15, 0.2) is 0 Å². The molecule has 2 aliphatic rings. The molecule has 0 aliphatic heterocycles. The van der Waals surface area contributed by atoms with Gasteiger partial charge in [0.2, 0.25) is 0 Å². The van der Waals surface area contributed by atoms with E-state index in [1.54, 1.807) is 25.2 Å². The van der Waals surface area contributed by atoms with Crippen LogP contribution in [0, 0.1) is 5.41 Å². The predicted molar refractivity (Wildman–Crippen MR) is 74.9 cm³/mol. The fourth-order valence-electron chi connectivity index (χ4n) is 3.46. The number of Topliss-reactive ketones (excluding diaryl/α,β-unsaturated/α-hetero) is 1. The number of aliphatic hydroxyl groups is 1. The molecule has 0 spiro atoms. The lowest BCUT2D eigenvalue weighted by Gasteiger charge is -2.44. The number of carbonyl (C=O) groups is 2. The molecule has 0 amide bonds. The Morgan fingerprint density at radius 2 is 2.25 bits per heavy atom. The molecule has 2 atom stereocenters. The van der Waals surface area contributed by atoms with Crippen LogP contribution in [0.15, 0.2) is 36.0 Å². The lowest BCUT2D eigenvalue weighted by molar-refractivity contribution is -0.144. The SMILES string of the molecule is C=CC[C@@]12C(=O)CC[C@]1(O)C(C(=O)OCC)=CC=C2C. The molecule has 0 aromatic heterocycles. The van der Waals surface area contributed by atoms with E-state index in [9.17, 15) is 14.7 Å². The second-order valence-electron chi connectivity index (χ2n) is 5.33. The van der Waals surface area contributed by atoms with E-state index < -0.39 is 17.0 Å². The molecule has 1 fully saturated rings. The first-order valence-corrected chi connectivity index (χ1v) is 6.87. The Kier molecular flexibility index (Phi) is 3.69. The summed E-state index contributed by atoms with van der Waals surface area (Å²) in [5, 5.41) is 11.1. The van der Waals surface area contributed by atoms with Gasteiger partial charge in [0.25, 0.3) is 0 Å². The zero-order valence-corrected chi connectivity index (χ0v) is 11.9. The minimum Gasteiger partial charge on any atom is -0.463 e. The molecule has 0 saturated heterocycles. The highest BCUT2D eigenvalue weighted by Gasteiger charge is 2.63. The quantitative estimate of drug-likeness (QED) is 0.631. The first-order valence-electron chi connectivity index (χ1n) is 6.87. The topological polar surface area (TPSA) is 63.6 Å². The van der Waals surface area contributed by atoms with Gasteiger partial charge in [0.1, 0.15) is 11.4 Å². The predicted octanol–water partition coefficient (Wildman–Crippen LogP) is 2.09. The van der Waals surface area contributed by atoms with Crippen LogP contribution >= 0.6 is 0 Å². The van der Waals surface area contributed by atoms with Crippen LogP contribution in [0.4, 0.5) is 0 Å². The first kappa shape index (κ1) is 14.7. The van der Waals surface area contributed by atoms with Crippen LogP contribution in [0.2, 0.25) is 0 Å². The van der Waals surface area contributed by atoms with Crippen molar-refractivity contribution in [2.75, 3.05) is 6.61 Å². The molecule has 0 aromatic rings. The van der Waals surface area contributed by atoms with E-state index in [4.69, 9.17) is 4.74 Å². The molecule has 0 unspecified atom stereocenters. The van der Waals surface area contributed by atoms with Crippen molar-refractivity contribution in [1.29, 1.82) is 0 Å². The van der Waals surface area contributed by atoms with Crippen molar-refractivity contribution in [2.45, 2.75) is 38.7 Å². The van der Waals surface area contributed by atoms with Crippen LogP contribution in [0.1, 0.15) is 33.1 Å². The lowest BCUT2D eigenvalue weighted by Crippen LogP contribution is -2.52. The molecule has 0 radical (unpaired) electrons. The maximum absolute atomic E-state index is 12.4. The van der Waals surface area contributed by atoms with Crippen LogP contribution in [0.5, 0.6) is 0 Å². The van der Waals surface area contributed by atoms with Crippen LogP contribution in [-0.4, -0.2) is 29.1 Å². The summed E-state index contributed by atoms with van der Waals surface area (Å²) < 4.78 is 5.01. The van der Waals surface area contributed by atoms with E-state index in [-0.39, 0.29) is 30.8 Å². The third-order valence-corrected chi connectivity index (χ3v) is 4.46. The molecule has 0 heterocycles. The average molecular weight is 276 g/mol. The molecule has 4 nitrogen and oxygen atoms in total. The van der Waals surface area contributed by atoms with E-state index in [1.165, 1.54) is 0 Å². The summed E-state index contributed by atoms with van der Waals surface area (Å²) in [6, 6.07) is 0. The van der Waals surface area contributed by atoms with Gasteiger partial charge in [-0.15, -0.1) is 6.58 Å². The standard InChI is InChI=1S/C16H20O4/c1-4-9-15-11(3)6-7-12(14(18)20-5-2)16(15,19)10-8-13(15)17/h4,6-7,19H,1,5,8-10H2,2-3H3/t15-,16+/m1/s1. The second kappa shape index (κ2) is 5.02. The third kappa shape index (κ3) is 1.71. The lowest BCUT2D eigenvalue weighted by atomic mass is 9.61. The maximum Gasteiger partial charge on any atom is 0.336 e. The molecule has 1 N–H and O–H groups in total. The highest BCUT2D eigenvalue weighted by molar-refractivity contribution is 6.00. The Labute approximate surface area is 118 Å². The van der Waals surface area contributed by atoms with Gasteiger partial charge in [0.05, 0.1) is 17.6 Å². The molecule has 4 heteroatoms. The highest BCUT2D eigenvalue weighted by Crippen LogP contribution is 2.56. The number of allylic oxidation sites excluding steroid dienone is 3. The van der Waals surface area contributed by atoms with E-state index in [1.807, 2.05) is 6.92 Å². The molecule has 1 saturated carbocycles. The van der Waals surface area contributed by atoms with Gasteiger partial charge < -0.3 is 9.84 Å². The molecule has 0 aromatic carbocycles. The second-order valence-corrected chi connectivity index (χ2v) is 5.33. The zero-order valence-electron chi connectivity index (χ0n) is 11.9. The molecule has 108 valence electrons. The van der Waals surface area contributed by atoms with E-state index >= 15 is 0 Å². The largest absolute Gasteiger partial charge is 0.463 e. The Morgan fingerprint density at radius 1 is 1.55 bits per heavy atom. The minimum atomic E-state index is -1.48. The van der Waals surface area contributed by atoms with Crippen molar-refractivity contribution in [3.63, 3.8) is 0 Å². The van der Waals surface area contributed by atoms with Crippen LogP contribution < -0.4 is 0 Å². The number of ketones is 1. The fourth-order valence-corrected chi connectivity index (χ4v) is 3.46. The summed E-state index contributed by atoms with van der Waals surface area (Å²) in [6.45, 7) is 7.45. The molecule has 2 rings (SSSR count). The number of fused-ring (bicyclic) bond motifs is 1. The zero-order chi connectivity index (χ0) is 15.0. The average Bonchev–Trinajstić information content (AvgIpc) is 2.66. The molecular weight excluding hydrogens is 256 g/mol. The van der Waals surface area contributed by atoms with Gasteiger partial charge in [-0.2, -0.15) is 0 Å². The summed E-state index contributed by atoms with van der Waals surface area (Å²) in [6.07, 6.45) is 5.75. The van der Waals surface area contributed by atoms with Crippen LogP contribution in [0.25, 0.3) is 0 Å². The Hall–Kier alpha value is -1.68. The van der Waals surface area contributed by atoms with Crippen LogP contribution in [0.3, 0.4) is 0 Å². The van der Waals surface area contributed by atoms with Crippen molar-refractivity contribution < 1.29 is 19.4 Å². The number of hydrogen-bond acceptors (Lipinski definition) is 4. The molecular formula is C16H20O4. The Balaban J connectivity index is 2.57. The highest BCUT2D eigenvalue weighted by atomic mass is 16.5. The molecule has 0 bridgehead atoms. The van der Waals surface area contributed by atoms with Gasteiger partial charge >= 0.3 is 5.97 Å². The normalized spacial score (nSPS) is 32.2. The number of ether oxygens (including phenoxy) is 1. The van der Waals surface area contributed by atoms with Gasteiger partial charge in [-0.1, -0.05) is 17.7 Å². The smallest absolute Gasteiger partial charge is 0.336 e. The number of hydrogen-bond donors (Lipinski definition) is 1. The molecule has 2 aliphatic carbocycles. The summed E-state index contributed by atoms with van der Waals surface area (Å²) in [7, 11) is 0. The molecule has 20 heavy (non-hydrogen) atoms. The number of carbonyl (C=O) groups excluding carboxylic acids is 2. The fraction of sp³-hybridized carbons (Fsp3) is 0.500. The van der Waals surface area contributed by atoms with Gasteiger partial charge in [0, 0.05) is 6.42 Å². The van der Waals surface area contributed by atoms with E-state index in [0.29, 0.717) is 6.42 Å². The monoisotopic (exact) mass is 276 g/mol. The first-order chi connectivity index (χ1) is 9.44. The van der Waals surface area contributed by atoms with Crippen LogP contribution in [-0.2, 0) is 14.3 Å². The third-order valence-electron chi connectivity index (χ3n) is 4.46. The van der Waals surface area contributed by atoms with E-state index in [0.717, 1.165) is 5.57 Å². The van der Waals surface area contributed by atoms with Gasteiger partial charge in [-0.3, -0.25) is 4.79 Å².